The molecule has 1 aromatic rings. The van der Waals surface area contributed by atoms with E-state index in [0.29, 0.717) is 0 Å². The van der Waals surface area contributed by atoms with Crippen LogP contribution in [-0.2, 0) is 14.3 Å². The molecule has 1 aromatic carbocycles. The smallest absolute Gasteiger partial charge is 0.471 e. The van der Waals surface area contributed by atoms with Crippen LogP contribution in [-0.4, -0.2) is 77.8 Å². The molecular weight excluding hydrogens is 447 g/mol. The molecule has 1 heterocycles. The number of aliphatic hydroxyl groups is 1. The summed E-state index contributed by atoms with van der Waals surface area (Å²) in [7, 11) is 0. The van der Waals surface area contributed by atoms with Gasteiger partial charge in [-0.05, 0) is 19.1 Å². The third kappa shape index (κ3) is 7.14. The highest BCUT2D eigenvalue weighted by atomic mass is 19.4. The first kappa shape index (κ1) is 25.5. The van der Waals surface area contributed by atoms with Gasteiger partial charge in [0.15, 0.2) is 5.76 Å². The van der Waals surface area contributed by atoms with E-state index >= 15 is 0 Å². The molecule has 0 spiro atoms. The van der Waals surface area contributed by atoms with Gasteiger partial charge in [-0.15, -0.1) is 0 Å². The van der Waals surface area contributed by atoms with Crippen molar-refractivity contribution in [1.82, 2.24) is 15.5 Å². The Bertz CT molecular complexity index is 975. The molecule has 0 saturated carbocycles. The van der Waals surface area contributed by atoms with Crippen LogP contribution in [0, 0.1) is 10.8 Å². The predicted octanol–water partition coefficient (Wildman–Crippen LogP) is 1.13. The monoisotopic (exact) mass is 469 g/mol. The molecule has 1 aliphatic rings. The minimum Gasteiger partial charge on any atom is -0.503 e. The lowest BCUT2D eigenvalue weighted by molar-refractivity contribution is -0.171. The molecule has 5 N–H and O–H groups in total. The van der Waals surface area contributed by atoms with Crippen molar-refractivity contribution < 1.29 is 37.4 Å². The molecule has 1 aliphatic heterocycles. The van der Waals surface area contributed by atoms with Gasteiger partial charge in [-0.3, -0.25) is 19.8 Å². The predicted molar refractivity (Wildman–Crippen MR) is 110 cm³/mol. The fraction of sp³-hybridized carbons (Fsp3) is 0.350. The zero-order valence-corrected chi connectivity index (χ0v) is 17.5. The maximum atomic E-state index is 12.4. The van der Waals surface area contributed by atoms with Gasteiger partial charge >= 0.3 is 12.1 Å². The largest absolute Gasteiger partial charge is 0.503 e. The number of nitrogens with zero attached hydrogens (tertiary/aromatic N) is 1. The number of nitrogens with one attached hydrogen (secondary N) is 4. The molecule has 10 nitrogen and oxygen atoms in total. The third-order valence-corrected chi connectivity index (χ3v) is 4.49. The van der Waals surface area contributed by atoms with E-state index in [1.54, 1.807) is 0 Å². The highest BCUT2D eigenvalue weighted by Crippen LogP contribution is 2.15. The van der Waals surface area contributed by atoms with Crippen LogP contribution in [0.15, 0.2) is 36.1 Å². The van der Waals surface area contributed by atoms with Crippen molar-refractivity contribution in [3.8, 4) is 0 Å². The topological polar surface area (TPSA) is 156 Å². The number of benzene rings is 1. The average Bonchev–Trinajstić information content (AvgIpc) is 2.76. The van der Waals surface area contributed by atoms with E-state index in [-0.39, 0.29) is 43.1 Å². The number of morpholine rings is 1. The summed E-state index contributed by atoms with van der Waals surface area (Å²) in [5, 5.41) is 28.8. The molecule has 1 saturated heterocycles. The first-order valence-corrected chi connectivity index (χ1v) is 9.60. The molecular formula is C20H22F3N5O5. The zero-order valence-electron chi connectivity index (χ0n) is 17.5. The van der Waals surface area contributed by atoms with E-state index in [9.17, 15) is 32.7 Å². The molecule has 1 fully saturated rings. The number of allylic oxidation sites excluding steroid dienone is 1. The summed E-state index contributed by atoms with van der Waals surface area (Å²) in [6.45, 7) is 1.91. The standard InChI is InChI=1S/C20H22F3N5O5/c1-11(24)8-15(29)18(31)28-6-7-33-10-14(28)9-26-17(30)13-4-2-12(3-5-13)16(25)27-19(32)20(21,22)23/h2-5,8,14,24,29H,6-7,9-10H2,1H3,(H,26,30)(H2,25,27,32)/b15-8-,24-11?. The number of amidine groups is 1. The molecule has 0 aromatic heterocycles. The van der Waals surface area contributed by atoms with Crippen LogP contribution >= 0.6 is 0 Å². The van der Waals surface area contributed by atoms with Crippen molar-refractivity contribution in [2.75, 3.05) is 26.3 Å². The van der Waals surface area contributed by atoms with Crippen LogP contribution in [0.2, 0.25) is 0 Å². The number of aliphatic hydroxyl groups excluding tert-OH is 1. The van der Waals surface area contributed by atoms with E-state index in [0.717, 1.165) is 6.08 Å². The molecule has 1 atom stereocenters. The van der Waals surface area contributed by atoms with Gasteiger partial charge in [0, 0.05) is 36.0 Å². The Morgan fingerprint density at radius 2 is 1.82 bits per heavy atom. The molecule has 13 heteroatoms. The summed E-state index contributed by atoms with van der Waals surface area (Å²) >= 11 is 0. The fourth-order valence-electron chi connectivity index (χ4n) is 2.86. The molecule has 33 heavy (non-hydrogen) atoms. The maximum Gasteiger partial charge on any atom is 0.471 e. The Morgan fingerprint density at radius 1 is 1.21 bits per heavy atom. The molecule has 0 bridgehead atoms. The third-order valence-electron chi connectivity index (χ3n) is 4.49. The van der Waals surface area contributed by atoms with Gasteiger partial charge in [-0.25, -0.2) is 0 Å². The van der Waals surface area contributed by atoms with Crippen molar-refractivity contribution in [2.45, 2.75) is 19.1 Å². The normalized spacial score (nSPS) is 16.7. The lowest BCUT2D eigenvalue weighted by atomic mass is 10.1. The molecule has 0 aliphatic carbocycles. The van der Waals surface area contributed by atoms with E-state index in [4.69, 9.17) is 15.6 Å². The van der Waals surface area contributed by atoms with Crippen molar-refractivity contribution >= 4 is 29.3 Å². The Hall–Kier alpha value is -3.74. The fourth-order valence-corrected chi connectivity index (χ4v) is 2.86. The van der Waals surface area contributed by atoms with Gasteiger partial charge in [0.25, 0.3) is 11.8 Å². The van der Waals surface area contributed by atoms with Gasteiger partial charge in [-0.2, -0.15) is 13.2 Å². The minimum atomic E-state index is -5.13. The number of ether oxygens (including phenoxy) is 1. The van der Waals surface area contributed by atoms with Crippen LogP contribution in [0.25, 0.3) is 0 Å². The van der Waals surface area contributed by atoms with Crippen LogP contribution in [0.3, 0.4) is 0 Å². The lowest BCUT2D eigenvalue weighted by Crippen LogP contribution is -2.54. The van der Waals surface area contributed by atoms with E-state index < -0.39 is 41.5 Å². The van der Waals surface area contributed by atoms with Gasteiger partial charge in [0.1, 0.15) is 5.84 Å². The van der Waals surface area contributed by atoms with Crippen molar-refractivity contribution in [1.29, 1.82) is 10.8 Å². The number of alkyl halides is 3. The number of amides is 3. The molecule has 178 valence electrons. The first-order chi connectivity index (χ1) is 15.4. The molecule has 3 amide bonds. The number of carbonyl (C=O) groups excluding carboxylic acids is 3. The second-order valence-corrected chi connectivity index (χ2v) is 7.05. The van der Waals surface area contributed by atoms with Gasteiger partial charge in [0.2, 0.25) is 0 Å². The average molecular weight is 469 g/mol. The summed E-state index contributed by atoms with van der Waals surface area (Å²) in [4.78, 5) is 37.1. The second kappa shape index (κ2) is 10.7. The number of carbonyl (C=O) groups is 3. The van der Waals surface area contributed by atoms with Crippen molar-refractivity contribution in [3.63, 3.8) is 0 Å². The zero-order chi connectivity index (χ0) is 24.8. The van der Waals surface area contributed by atoms with Gasteiger partial charge < -0.3 is 30.8 Å². The number of hydrogen-bond donors (Lipinski definition) is 5. The van der Waals surface area contributed by atoms with E-state index in [2.05, 4.69) is 5.32 Å². The van der Waals surface area contributed by atoms with Crippen LogP contribution in [0.4, 0.5) is 13.2 Å². The van der Waals surface area contributed by atoms with Gasteiger partial charge in [0.05, 0.1) is 19.3 Å². The van der Waals surface area contributed by atoms with Crippen molar-refractivity contribution in [2.24, 2.45) is 0 Å². The number of hydrogen-bond acceptors (Lipinski definition) is 7. The Morgan fingerprint density at radius 3 is 2.39 bits per heavy atom. The quantitative estimate of drug-likeness (QED) is 0.183. The van der Waals surface area contributed by atoms with Gasteiger partial charge in [-0.1, -0.05) is 12.1 Å². The Balaban J connectivity index is 1.99. The summed E-state index contributed by atoms with van der Waals surface area (Å²) in [5.74, 6) is -4.91. The number of rotatable bonds is 6. The summed E-state index contributed by atoms with van der Waals surface area (Å²) in [6, 6.07) is 4.36. The molecule has 0 radical (unpaired) electrons. The van der Waals surface area contributed by atoms with Crippen LogP contribution in [0.1, 0.15) is 22.8 Å². The highest BCUT2D eigenvalue weighted by molar-refractivity contribution is 6.08. The SMILES string of the molecule is CC(=N)/C=C(\O)C(=O)N1CCOCC1CNC(=O)c1ccc(C(=N)NC(=O)C(F)(F)F)cc1. The second-order valence-electron chi connectivity index (χ2n) is 7.05. The molecule has 2 rings (SSSR count). The Labute approximate surface area is 186 Å². The molecule has 1 unspecified atom stereocenters. The summed E-state index contributed by atoms with van der Waals surface area (Å²) in [6.07, 6.45) is -4.11. The number of halogens is 3. The summed E-state index contributed by atoms with van der Waals surface area (Å²) < 4.78 is 42.2. The van der Waals surface area contributed by atoms with E-state index in [1.807, 2.05) is 0 Å². The lowest BCUT2D eigenvalue weighted by Gasteiger charge is -2.35. The van der Waals surface area contributed by atoms with Crippen molar-refractivity contribution in [3.05, 3.63) is 47.2 Å². The Kier molecular flexibility index (Phi) is 8.29. The minimum absolute atomic E-state index is 0.00605. The first-order valence-electron chi connectivity index (χ1n) is 9.60. The van der Waals surface area contributed by atoms with Crippen LogP contribution in [0.5, 0.6) is 0 Å². The van der Waals surface area contributed by atoms with E-state index in [1.165, 1.54) is 41.4 Å². The van der Waals surface area contributed by atoms with Crippen LogP contribution < -0.4 is 10.6 Å². The highest BCUT2D eigenvalue weighted by Gasteiger charge is 2.39. The maximum absolute atomic E-state index is 12.4. The summed E-state index contributed by atoms with van der Waals surface area (Å²) in [5.41, 5.74) is 0.0873.